The highest BCUT2D eigenvalue weighted by molar-refractivity contribution is 7.12. The first-order chi connectivity index (χ1) is 4.33. The molecule has 0 saturated heterocycles. The van der Waals surface area contributed by atoms with Gasteiger partial charge in [0, 0.05) is 17.2 Å². The van der Waals surface area contributed by atoms with Gasteiger partial charge in [0.05, 0.1) is 0 Å². The molecule has 1 aromatic heterocycles. The third-order valence-corrected chi connectivity index (χ3v) is 1.72. The van der Waals surface area contributed by atoms with Crippen LogP contribution in [0.2, 0.25) is 0 Å². The van der Waals surface area contributed by atoms with Crippen molar-refractivity contribution in [2.24, 2.45) is 0 Å². The SMILES string of the molecule is C=C=Cc1ncc(C)s1. The Balaban J connectivity index is 2.97. The molecule has 46 valence electrons. The average molecular weight is 137 g/mol. The van der Waals surface area contributed by atoms with E-state index in [0.717, 1.165) is 5.01 Å². The van der Waals surface area contributed by atoms with E-state index in [2.05, 4.69) is 17.3 Å². The first-order valence-corrected chi connectivity index (χ1v) is 3.43. The molecule has 0 amide bonds. The maximum Gasteiger partial charge on any atom is 0.123 e. The lowest BCUT2D eigenvalue weighted by molar-refractivity contribution is 1.36. The van der Waals surface area contributed by atoms with Gasteiger partial charge in [0.1, 0.15) is 5.01 Å². The van der Waals surface area contributed by atoms with Gasteiger partial charge < -0.3 is 0 Å². The van der Waals surface area contributed by atoms with Gasteiger partial charge in [-0.1, -0.05) is 6.58 Å². The Morgan fingerprint density at radius 1 is 1.89 bits per heavy atom. The smallest absolute Gasteiger partial charge is 0.123 e. The van der Waals surface area contributed by atoms with Crippen LogP contribution in [-0.2, 0) is 0 Å². The molecule has 2 heteroatoms. The van der Waals surface area contributed by atoms with E-state index in [0.29, 0.717) is 0 Å². The van der Waals surface area contributed by atoms with Gasteiger partial charge in [-0.15, -0.1) is 17.1 Å². The van der Waals surface area contributed by atoms with Crippen LogP contribution >= 0.6 is 11.3 Å². The average Bonchev–Trinajstić information content (AvgIpc) is 2.17. The topological polar surface area (TPSA) is 12.9 Å². The van der Waals surface area contributed by atoms with Gasteiger partial charge in [0.15, 0.2) is 0 Å². The molecular formula is C7H7NS. The van der Waals surface area contributed by atoms with E-state index in [4.69, 9.17) is 0 Å². The van der Waals surface area contributed by atoms with Crippen LogP contribution in [0.25, 0.3) is 6.08 Å². The molecule has 0 fully saturated rings. The van der Waals surface area contributed by atoms with Crippen LogP contribution in [-0.4, -0.2) is 4.98 Å². The fraction of sp³-hybridized carbons (Fsp3) is 0.143. The van der Waals surface area contributed by atoms with Crippen LogP contribution in [0.1, 0.15) is 9.88 Å². The molecule has 0 radical (unpaired) electrons. The Bertz CT molecular complexity index is 243. The van der Waals surface area contributed by atoms with E-state index in [-0.39, 0.29) is 0 Å². The zero-order valence-electron chi connectivity index (χ0n) is 5.22. The molecule has 9 heavy (non-hydrogen) atoms. The molecule has 1 nitrogen and oxygen atoms in total. The molecule has 0 unspecified atom stereocenters. The van der Waals surface area contributed by atoms with Crippen molar-refractivity contribution < 1.29 is 0 Å². The van der Waals surface area contributed by atoms with E-state index in [1.54, 1.807) is 17.4 Å². The first kappa shape index (κ1) is 6.27. The van der Waals surface area contributed by atoms with Crippen LogP contribution in [0, 0.1) is 6.92 Å². The van der Waals surface area contributed by atoms with E-state index in [9.17, 15) is 0 Å². The summed E-state index contributed by atoms with van der Waals surface area (Å²) >= 11 is 1.64. The number of aromatic nitrogens is 1. The largest absolute Gasteiger partial charge is 0.244 e. The van der Waals surface area contributed by atoms with E-state index in [1.807, 2.05) is 13.1 Å². The molecule has 0 aliphatic rings. The minimum atomic E-state index is 0.975. The van der Waals surface area contributed by atoms with Crippen molar-refractivity contribution in [1.29, 1.82) is 0 Å². The van der Waals surface area contributed by atoms with Crippen LogP contribution < -0.4 is 0 Å². The Kier molecular flexibility index (Phi) is 1.83. The summed E-state index contributed by atoms with van der Waals surface area (Å²) in [4.78, 5) is 5.28. The van der Waals surface area contributed by atoms with Gasteiger partial charge in [-0.3, -0.25) is 0 Å². The summed E-state index contributed by atoms with van der Waals surface area (Å²) in [5.74, 6) is 0. The summed E-state index contributed by atoms with van der Waals surface area (Å²) in [5, 5.41) is 0.975. The summed E-state index contributed by atoms with van der Waals surface area (Å²) in [6.07, 6.45) is 3.62. The summed E-state index contributed by atoms with van der Waals surface area (Å²) in [5.41, 5.74) is 2.67. The molecular weight excluding hydrogens is 130 g/mol. The maximum atomic E-state index is 4.07. The molecule has 1 rings (SSSR count). The van der Waals surface area contributed by atoms with Crippen LogP contribution in [0.3, 0.4) is 0 Å². The van der Waals surface area contributed by atoms with Crippen molar-refractivity contribution in [2.45, 2.75) is 6.92 Å². The minimum absolute atomic E-state index is 0.975. The standard InChI is InChI=1S/C7H7NS/c1-3-4-7-8-5-6(2)9-7/h4-5H,1H2,2H3. The van der Waals surface area contributed by atoms with E-state index >= 15 is 0 Å². The third-order valence-electron chi connectivity index (χ3n) is 0.865. The number of hydrogen-bond donors (Lipinski definition) is 0. The van der Waals surface area contributed by atoms with Gasteiger partial charge in [-0.25, -0.2) is 4.98 Å². The highest BCUT2D eigenvalue weighted by Crippen LogP contribution is 2.11. The van der Waals surface area contributed by atoms with Crippen LogP contribution in [0.4, 0.5) is 0 Å². The maximum absolute atomic E-state index is 4.07. The minimum Gasteiger partial charge on any atom is -0.244 e. The molecule has 1 aromatic rings. The highest BCUT2D eigenvalue weighted by Gasteiger charge is 1.89. The van der Waals surface area contributed by atoms with Gasteiger partial charge in [0.2, 0.25) is 0 Å². The van der Waals surface area contributed by atoms with Crippen molar-refractivity contribution in [1.82, 2.24) is 4.98 Å². The van der Waals surface area contributed by atoms with Gasteiger partial charge in [-0.05, 0) is 6.92 Å². The Morgan fingerprint density at radius 2 is 2.67 bits per heavy atom. The fourth-order valence-electron chi connectivity index (χ4n) is 0.526. The zero-order valence-corrected chi connectivity index (χ0v) is 6.03. The van der Waals surface area contributed by atoms with Crippen molar-refractivity contribution in [3.05, 3.63) is 28.4 Å². The third kappa shape index (κ3) is 1.53. The fourth-order valence-corrected chi connectivity index (χ4v) is 1.21. The zero-order chi connectivity index (χ0) is 6.69. The quantitative estimate of drug-likeness (QED) is 0.541. The summed E-state index contributed by atoms with van der Waals surface area (Å²) in [6, 6.07) is 0. The molecule has 0 spiro atoms. The van der Waals surface area contributed by atoms with Crippen molar-refractivity contribution >= 4 is 17.4 Å². The second kappa shape index (κ2) is 2.62. The summed E-state index contributed by atoms with van der Waals surface area (Å²) < 4.78 is 0. The van der Waals surface area contributed by atoms with Crippen molar-refractivity contribution in [3.8, 4) is 0 Å². The summed E-state index contributed by atoms with van der Waals surface area (Å²) in [6.45, 7) is 5.48. The lowest BCUT2D eigenvalue weighted by Crippen LogP contribution is -1.59. The van der Waals surface area contributed by atoms with Gasteiger partial charge >= 0.3 is 0 Å². The van der Waals surface area contributed by atoms with Crippen LogP contribution in [0.15, 0.2) is 18.5 Å². The lowest BCUT2D eigenvalue weighted by atomic mass is 10.6. The number of nitrogens with zero attached hydrogens (tertiary/aromatic N) is 1. The molecule has 0 atom stereocenters. The number of thiazole rings is 1. The van der Waals surface area contributed by atoms with Gasteiger partial charge in [0.25, 0.3) is 0 Å². The summed E-state index contributed by atoms with van der Waals surface area (Å²) in [7, 11) is 0. The van der Waals surface area contributed by atoms with Crippen LogP contribution in [0.5, 0.6) is 0 Å². The molecule has 1 heterocycles. The normalized spacial score (nSPS) is 8.56. The van der Waals surface area contributed by atoms with Gasteiger partial charge in [-0.2, -0.15) is 0 Å². The Hall–Kier alpha value is -0.850. The second-order valence-electron chi connectivity index (χ2n) is 1.66. The Labute approximate surface area is 58.4 Å². The molecule has 0 N–H and O–H groups in total. The predicted molar refractivity (Wildman–Crippen MR) is 40.5 cm³/mol. The number of hydrogen-bond acceptors (Lipinski definition) is 2. The molecule has 0 aliphatic heterocycles. The van der Waals surface area contributed by atoms with E-state index < -0.39 is 0 Å². The predicted octanol–water partition coefficient (Wildman–Crippen LogP) is 2.25. The Morgan fingerprint density at radius 3 is 3.11 bits per heavy atom. The number of rotatable bonds is 1. The van der Waals surface area contributed by atoms with E-state index in [1.165, 1.54) is 4.88 Å². The first-order valence-electron chi connectivity index (χ1n) is 2.61. The number of aryl methyl sites for hydroxylation is 1. The lowest BCUT2D eigenvalue weighted by Gasteiger charge is -1.72. The molecule has 0 aliphatic carbocycles. The van der Waals surface area contributed by atoms with Crippen molar-refractivity contribution in [3.63, 3.8) is 0 Å². The van der Waals surface area contributed by atoms with Crippen molar-refractivity contribution in [2.75, 3.05) is 0 Å². The monoisotopic (exact) mass is 137 g/mol. The second-order valence-corrected chi connectivity index (χ2v) is 2.92. The highest BCUT2D eigenvalue weighted by atomic mass is 32.1. The molecule has 0 saturated carbocycles. The molecule has 0 aromatic carbocycles. The molecule has 0 bridgehead atoms.